The minimum atomic E-state index is -1.18. The Labute approximate surface area is 100 Å². The lowest BCUT2D eigenvalue weighted by molar-refractivity contribution is -0.139. The molecule has 0 aliphatic carbocycles. The highest BCUT2D eigenvalue weighted by Gasteiger charge is 2.20. The Morgan fingerprint density at radius 2 is 1.94 bits per heavy atom. The summed E-state index contributed by atoms with van der Waals surface area (Å²) in [6.07, 6.45) is -0.134. The minimum Gasteiger partial charge on any atom is -0.480 e. The average molecular weight is 248 g/mol. The van der Waals surface area contributed by atoms with Crippen LogP contribution >= 0.6 is 0 Å². The van der Waals surface area contributed by atoms with Crippen LogP contribution in [-0.4, -0.2) is 64.6 Å². The van der Waals surface area contributed by atoms with Gasteiger partial charge >= 0.3 is 12.0 Å². The van der Waals surface area contributed by atoms with Crippen molar-refractivity contribution in [1.82, 2.24) is 10.2 Å². The third-order valence-corrected chi connectivity index (χ3v) is 2.24. The molecule has 0 aromatic carbocycles. The van der Waals surface area contributed by atoms with Crippen molar-refractivity contribution in [3.63, 3.8) is 0 Å². The number of rotatable bonds is 7. The second-order valence-corrected chi connectivity index (χ2v) is 3.91. The number of carbonyl (C=O) groups is 2. The Kier molecular flexibility index (Phi) is 7.24. The van der Waals surface area contributed by atoms with Gasteiger partial charge in [0.15, 0.2) is 0 Å². The molecule has 2 unspecified atom stereocenters. The third kappa shape index (κ3) is 6.75. The molecule has 7 heteroatoms. The topological polar surface area (TPSA) is 110 Å². The minimum absolute atomic E-state index is 0.0364. The number of hydrogen-bond acceptors (Lipinski definition) is 4. The number of aliphatic hydroxyl groups is 2. The number of carboxylic acids is 1. The smallest absolute Gasteiger partial charge is 0.326 e. The van der Waals surface area contributed by atoms with Gasteiger partial charge in [-0.2, -0.15) is 0 Å². The van der Waals surface area contributed by atoms with Gasteiger partial charge in [0.1, 0.15) is 6.04 Å². The van der Waals surface area contributed by atoms with E-state index in [1.807, 2.05) is 0 Å². The van der Waals surface area contributed by atoms with Crippen molar-refractivity contribution in [1.29, 1.82) is 0 Å². The Morgan fingerprint density at radius 3 is 2.35 bits per heavy atom. The van der Waals surface area contributed by atoms with Gasteiger partial charge in [-0.05, 0) is 13.3 Å². The number of nitrogens with zero attached hydrogens (tertiary/aromatic N) is 1. The van der Waals surface area contributed by atoms with E-state index in [-0.39, 0.29) is 13.0 Å². The van der Waals surface area contributed by atoms with Crippen molar-refractivity contribution in [2.75, 3.05) is 20.2 Å². The number of nitrogens with one attached hydrogen (secondary N) is 1. The summed E-state index contributed by atoms with van der Waals surface area (Å²) in [7, 11) is 1.51. The molecule has 2 atom stereocenters. The maximum absolute atomic E-state index is 11.5. The van der Waals surface area contributed by atoms with Crippen molar-refractivity contribution in [3.8, 4) is 0 Å². The van der Waals surface area contributed by atoms with E-state index in [1.54, 1.807) is 6.92 Å². The van der Waals surface area contributed by atoms with E-state index in [2.05, 4.69) is 5.32 Å². The van der Waals surface area contributed by atoms with Crippen LogP contribution in [0.4, 0.5) is 4.79 Å². The van der Waals surface area contributed by atoms with Gasteiger partial charge in [-0.3, -0.25) is 0 Å². The molecule has 0 saturated heterocycles. The van der Waals surface area contributed by atoms with Crippen LogP contribution in [-0.2, 0) is 4.79 Å². The molecule has 0 aliphatic heterocycles. The predicted molar refractivity (Wildman–Crippen MR) is 60.6 cm³/mol. The maximum atomic E-state index is 11.5. The Morgan fingerprint density at radius 1 is 1.35 bits per heavy atom. The van der Waals surface area contributed by atoms with Crippen LogP contribution in [0.1, 0.15) is 19.8 Å². The first-order chi connectivity index (χ1) is 7.88. The first-order valence-corrected chi connectivity index (χ1v) is 5.41. The number of aliphatic carboxylic acids is 1. The van der Waals surface area contributed by atoms with E-state index in [1.165, 1.54) is 11.9 Å². The normalized spacial score (nSPS) is 13.9. The summed E-state index contributed by atoms with van der Waals surface area (Å²) in [6.45, 7) is 1.63. The molecule has 4 N–H and O–H groups in total. The van der Waals surface area contributed by atoms with Crippen LogP contribution in [0.25, 0.3) is 0 Å². The molecule has 0 bridgehead atoms. The molecule has 17 heavy (non-hydrogen) atoms. The van der Waals surface area contributed by atoms with Crippen molar-refractivity contribution in [2.45, 2.75) is 31.9 Å². The number of carbonyl (C=O) groups excluding carboxylic acids is 1. The number of aliphatic hydroxyl groups excluding tert-OH is 2. The summed E-state index contributed by atoms with van der Waals surface area (Å²) in [5.74, 6) is -1.18. The molecular formula is C10H20N2O5. The van der Waals surface area contributed by atoms with Crippen LogP contribution in [0, 0.1) is 0 Å². The standard InChI is InChI=1S/C10H20N2O5/c1-7(14)3-5-12(2)10(17)11-8(4-6-13)9(15)16/h7-8,13-14H,3-6H2,1-2H3,(H,11,17)(H,15,16). The predicted octanol–water partition coefficient (Wildman–Crippen LogP) is -0.766. The number of hydrogen-bond donors (Lipinski definition) is 4. The van der Waals surface area contributed by atoms with Crippen LogP contribution in [0.2, 0.25) is 0 Å². The van der Waals surface area contributed by atoms with Crippen LogP contribution in [0.3, 0.4) is 0 Å². The highest BCUT2D eigenvalue weighted by atomic mass is 16.4. The molecule has 100 valence electrons. The summed E-state index contributed by atoms with van der Waals surface area (Å²) in [5.41, 5.74) is 0. The zero-order valence-corrected chi connectivity index (χ0v) is 10.1. The fourth-order valence-electron chi connectivity index (χ4n) is 1.13. The van der Waals surface area contributed by atoms with Crippen LogP contribution < -0.4 is 5.32 Å². The summed E-state index contributed by atoms with van der Waals surface area (Å²) in [6, 6.07) is -1.63. The molecule has 0 fully saturated rings. The highest BCUT2D eigenvalue weighted by Crippen LogP contribution is 1.97. The van der Waals surface area contributed by atoms with Gasteiger partial charge in [0.25, 0.3) is 0 Å². The Bertz CT molecular complexity index is 257. The summed E-state index contributed by atoms with van der Waals surface area (Å²) in [5, 5.41) is 28.8. The molecular weight excluding hydrogens is 228 g/mol. The highest BCUT2D eigenvalue weighted by molar-refractivity contribution is 5.82. The molecule has 2 amide bonds. The largest absolute Gasteiger partial charge is 0.480 e. The van der Waals surface area contributed by atoms with Gasteiger partial charge in [0.05, 0.1) is 6.10 Å². The molecule has 0 aliphatic rings. The Balaban J connectivity index is 4.15. The van der Waals surface area contributed by atoms with E-state index in [9.17, 15) is 9.59 Å². The SMILES string of the molecule is CC(O)CCN(C)C(=O)NC(CCO)C(=O)O. The quantitative estimate of drug-likeness (QED) is 0.473. The molecule has 0 saturated carbocycles. The number of carboxylic acid groups (broad SMARTS) is 1. The molecule has 0 spiro atoms. The van der Waals surface area contributed by atoms with Gasteiger partial charge in [-0.25, -0.2) is 9.59 Å². The van der Waals surface area contributed by atoms with E-state index < -0.39 is 24.1 Å². The molecule has 0 aromatic heterocycles. The fourth-order valence-corrected chi connectivity index (χ4v) is 1.13. The van der Waals surface area contributed by atoms with Crippen molar-refractivity contribution < 1.29 is 24.9 Å². The monoisotopic (exact) mass is 248 g/mol. The fraction of sp³-hybridized carbons (Fsp3) is 0.800. The number of amides is 2. The lowest BCUT2D eigenvalue weighted by Gasteiger charge is -2.21. The van der Waals surface area contributed by atoms with Crippen molar-refractivity contribution >= 4 is 12.0 Å². The van der Waals surface area contributed by atoms with E-state index in [0.717, 1.165) is 0 Å². The van der Waals surface area contributed by atoms with Crippen molar-refractivity contribution in [2.24, 2.45) is 0 Å². The molecule has 0 aromatic rings. The zero-order chi connectivity index (χ0) is 13.4. The number of urea groups is 1. The van der Waals surface area contributed by atoms with Crippen LogP contribution in [0.5, 0.6) is 0 Å². The summed E-state index contributed by atoms with van der Waals surface area (Å²) >= 11 is 0. The zero-order valence-electron chi connectivity index (χ0n) is 10.1. The first kappa shape index (κ1) is 15.7. The lowest BCUT2D eigenvalue weighted by Crippen LogP contribution is -2.47. The second-order valence-electron chi connectivity index (χ2n) is 3.91. The maximum Gasteiger partial charge on any atom is 0.326 e. The van der Waals surface area contributed by atoms with Gasteiger partial charge in [0.2, 0.25) is 0 Å². The van der Waals surface area contributed by atoms with Crippen molar-refractivity contribution in [3.05, 3.63) is 0 Å². The molecule has 7 nitrogen and oxygen atoms in total. The van der Waals surface area contributed by atoms with E-state index in [4.69, 9.17) is 15.3 Å². The lowest BCUT2D eigenvalue weighted by atomic mass is 10.2. The van der Waals surface area contributed by atoms with E-state index >= 15 is 0 Å². The second kappa shape index (κ2) is 7.86. The first-order valence-electron chi connectivity index (χ1n) is 5.41. The van der Waals surface area contributed by atoms with Crippen LogP contribution in [0.15, 0.2) is 0 Å². The molecule has 0 rings (SSSR count). The third-order valence-electron chi connectivity index (χ3n) is 2.24. The summed E-state index contributed by atoms with van der Waals surface area (Å²) < 4.78 is 0. The molecule has 0 radical (unpaired) electrons. The molecule has 0 heterocycles. The summed E-state index contributed by atoms with van der Waals surface area (Å²) in [4.78, 5) is 23.6. The van der Waals surface area contributed by atoms with Gasteiger partial charge in [-0.15, -0.1) is 0 Å². The van der Waals surface area contributed by atoms with Gasteiger partial charge in [0, 0.05) is 26.6 Å². The average Bonchev–Trinajstić information content (AvgIpc) is 2.24. The van der Waals surface area contributed by atoms with Gasteiger partial charge < -0.3 is 25.5 Å². The van der Waals surface area contributed by atoms with E-state index in [0.29, 0.717) is 13.0 Å². The van der Waals surface area contributed by atoms with Gasteiger partial charge in [-0.1, -0.05) is 0 Å². The Hall–Kier alpha value is -1.34.